The summed E-state index contributed by atoms with van der Waals surface area (Å²) < 4.78 is 0. The molecular formula is C30H34N4O4. The minimum Gasteiger partial charge on any atom is -0.480 e. The third kappa shape index (κ3) is 6.56. The molecule has 1 fully saturated rings. The highest BCUT2D eigenvalue weighted by atomic mass is 16.4. The molecule has 3 N–H and O–H groups in total. The van der Waals surface area contributed by atoms with Gasteiger partial charge in [-0.15, -0.1) is 0 Å². The SMILES string of the molecule is Cc1cc(C(CC(c2ccc(N3CCC(C(=O)NCC(=O)O)CC3)cc2)c2ccccc2C)=NO)ccn1. The molecule has 2 aromatic carbocycles. The summed E-state index contributed by atoms with van der Waals surface area (Å²) in [6.07, 6.45) is 3.62. The molecule has 4 rings (SSSR count). The maximum atomic E-state index is 12.2. The number of anilines is 1. The second kappa shape index (κ2) is 12.4. The Balaban J connectivity index is 1.51. The number of carboxylic acid groups (broad SMARTS) is 1. The third-order valence-corrected chi connectivity index (χ3v) is 7.25. The highest BCUT2D eigenvalue weighted by Crippen LogP contribution is 2.33. The van der Waals surface area contributed by atoms with Crippen LogP contribution >= 0.6 is 0 Å². The zero-order valence-electron chi connectivity index (χ0n) is 21.8. The van der Waals surface area contributed by atoms with Crippen LogP contribution in [0.1, 0.15) is 53.1 Å². The highest BCUT2D eigenvalue weighted by Gasteiger charge is 2.26. The Morgan fingerprint density at radius 1 is 1.08 bits per heavy atom. The van der Waals surface area contributed by atoms with E-state index in [0.29, 0.717) is 25.0 Å². The number of rotatable bonds is 9. The smallest absolute Gasteiger partial charge is 0.322 e. The molecule has 1 amide bonds. The van der Waals surface area contributed by atoms with E-state index in [1.54, 1.807) is 6.20 Å². The summed E-state index contributed by atoms with van der Waals surface area (Å²) in [5.74, 6) is -1.39. The number of amides is 1. The summed E-state index contributed by atoms with van der Waals surface area (Å²) in [7, 11) is 0. The molecule has 38 heavy (non-hydrogen) atoms. The largest absolute Gasteiger partial charge is 0.480 e. The average molecular weight is 515 g/mol. The Morgan fingerprint density at radius 2 is 1.79 bits per heavy atom. The molecule has 198 valence electrons. The van der Waals surface area contributed by atoms with Crippen LogP contribution < -0.4 is 10.2 Å². The van der Waals surface area contributed by atoms with Crippen molar-refractivity contribution in [3.05, 3.63) is 94.8 Å². The highest BCUT2D eigenvalue weighted by molar-refractivity contribution is 6.01. The molecule has 1 unspecified atom stereocenters. The first kappa shape index (κ1) is 26.9. The van der Waals surface area contributed by atoms with Crippen molar-refractivity contribution in [1.29, 1.82) is 0 Å². The van der Waals surface area contributed by atoms with Crippen LogP contribution in [-0.2, 0) is 9.59 Å². The van der Waals surface area contributed by atoms with Gasteiger partial charge in [-0.25, -0.2) is 0 Å². The Labute approximate surface area is 223 Å². The van der Waals surface area contributed by atoms with Crippen molar-refractivity contribution in [2.24, 2.45) is 11.1 Å². The number of benzene rings is 2. The maximum Gasteiger partial charge on any atom is 0.322 e. The zero-order chi connectivity index (χ0) is 27.1. The van der Waals surface area contributed by atoms with Gasteiger partial charge in [0.2, 0.25) is 5.91 Å². The number of oxime groups is 1. The van der Waals surface area contributed by atoms with Crippen LogP contribution in [0.3, 0.4) is 0 Å². The first-order valence-corrected chi connectivity index (χ1v) is 12.9. The number of aromatic nitrogens is 1. The van der Waals surface area contributed by atoms with E-state index < -0.39 is 5.97 Å². The Kier molecular flexibility index (Phi) is 8.73. The van der Waals surface area contributed by atoms with E-state index >= 15 is 0 Å². The molecule has 0 spiro atoms. The summed E-state index contributed by atoms with van der Waals surface area (Å²) in [5, 5.41) is 24.9. The maximum absolute atomic E-state index is 12.2. The number of hydrogen-bond acceptors (Lipinski definition) is 6. The van der Waals surface area contributed by atoms with Crippen LogP contribution in [0.5, 0.6) is 0 Å². The summed E-state index contributed by atoms with van der Waals surface area (Å²) in [6.45, 7) is 5.13. The van der Waals surface area contributed by atoms with E-state index in [1.807, 2.05) is 31.2 Å². The summed E-state index contributed by atoms with van der Waals surface area (Å²) in [5.41, 5.74) is 6.89. The van der Waals surface area contributed by atoms with Crippen molar-refractivity contribution >= 4 is 23.3 Å². The van der Waals surface area contributed by atoms with E-state index in [4.69, 9.17) is 5.11 Å². The molecule has 3 aromatic rings. The number of nitrogens with zero attached hydrogens (tertiary/aromatic N) is 3. The molecular weight excluding hydrogens is 480 g/mol. The molecule has 1 saturated heterocycles. The van der Waals surface area contributed by atoms with Crippen molar-refractivity contribution in [2.45, 2.75) is 39.0 Å². The minimum atomic E-state index is -1.03. The Morgan fingerprint density at radius 3 is 2.42 bits per heavy atom. The number of nitrogens with one attached hydrogen (secondary N) is 1. The predicted octanol–water partition coefficient (Wildman–Crippen LogP) is 4.52. The number of piperidine rings is 1. The van der Waals surface area contributed by atoms with Crippen LogP contribution in [0.15, 0.2) is 72.0 Å². The molecule has 1 aromatic heterocycles. The first-order chi connectivity index (χ1) is 18.4. The van der Waals surface area contributed by atoms with Gasteiger partial charge in [0.25, 0.3) is 0 Å². The van der Waals surface area contributed by atoms with Crippen molar-refractivity contribution in [3.8, 4) is 0 Å². The molecule has 8 nitrogen and oxygen atoms in total. The molecule has 2 heterocycles. The lowest BCUT2D eigenvalue weighted by Gasteiger charge is -2.33. The summed E-state index contributed by atoms with van der Waals surface area (Å²) in [6, 6.07) is 20.6. The molecule has 0 bridgehead atoms. The van der Waals surface area contributed by atoms with Crippen LogP contribution in [0.4, 0.5) is 5.69 Å². The minimum absolute atomic E-state index is 0.00621. The summed E-state index contributed by atoms with van der Waals surface area (Å²) >= 11 is 0. The number of pyridine rings is 1. The van der Waals surface area contributed by atoms with Gasteiger partial charge in [0, 0.05) is 54.5 Å². The lowest BCUT2D eigenvalue weighted by Crippen LogP contribution is -2.41. The second-order valence-electron chi connectivity index (χ2n) is 9.81. The van der Waals surface area contributed by atoms with Crippen LogP contribution in [0.2, 0.25) is 0 Å². The van der Waals surface area contributed by atoms with Gasteiger partial charge >= 0.3 is 5.97 Å². The number of aliphatic carboxylic acids is 1. The fourth-order valence-corrected chi connectivity index (χ4v) is 5.14. The van der Waals surface area contributed by atoms with Crippen LogP contribution in [0.25, 0.3) is 0 Å². The normalized spacial score (nSPS) is 15.2. The molecule has 1 aliphatic rings. The lowest BCUT2D eigenvalue weighted by atomic mass is 9.83. The topological polar surface area (TPSA) is 115 Å². The number of carboxylic acids is 1. The van der Waals surface area contributed by atoms with E-state index in [2.05, 4.69) is 63.7 Å². The van der Waals surface area contributed by atoms with Crippen LogP contribution in [-0.4, -0.2) is 52.5 Å². The van der Waals surface area contributed by atoms with E-state index in [1.165, 1.54) is 11.1 Å². The summed E-state index contributed by atoms with van der Waals surface area (Å²) in [4.78, 5) is 29.5. The number of aryl methyl sites for hydroxylation is 2. The number of carbonyl (C=O) groups is 2. The molecule has 0 radical (unpaired) electrons. The Bertz CT molecular complexity index is 1300. The number of carbonyl (C=O) groups excluding carboxylic acids is 1. The average Bonchev–Trinajstić information content (AvgIpc) is 2.93. The van der Waals surface area contributed by atoms with Gasteiger partial charge in [-0.05, 0) is 67.6 Å². The van der Waals surface area contributed by atoms with Crippen LogP contribution in [0, 0.1) is 19.8 Å². The molecule has 0 saturated carbocycles. The number of hydrogen-bond donors (Lipinski definition) is 3. The third-order valence-electron chi connectivity index (χ3n) is 7.25. The van der Waals surface area contributed by atoms with Crippen molar-refractivity contribution in [1.82, 2.24) is 10.3 Å². The zero-order valence-corrected chi connectivity index (χ0v) is 21.8. The van der Waals surface area contributed by atoms with Crippen molar-refractivity contribution in [2.75, 3.05) is 24.5 Å². The fourth-order valence-electron chi connectivity index (χ4n) is 5.14. The second-order valence-corrected chi connectivity index (χ2v) is 9.81. The van der Waals surface area contributed by atoms with Crippen molar-refractivity contribution < 1.29 is 19.9 Å². The molecule has 0 aliphatic carbocycles. The quantitative estimate of drug-likeness (QED) is 0.220. The van der Waals surface area contributed by atoms with E-state index in [0.717, 1.165) is 35.6 Å². The van der Waals surface area contributed by atoms with Gasteiger partial charge in [-0.3, -0.25) is 14.6 Å². The van der Waals surface area contributed by atoms with E-state index in [-0.39, 0.29) is 24.3 Å². The Hall–Kier alpha value is -4.20. The van der Waals surface area contributed by atoms with Gasteiger partial charge in [0.15, 0.2) is 0 Å². The first-order valence-electron chi connectivity index (χ1n) is 12.9. The van der Waals surface area contributed by atoms with Crippen molar-refractivity contribution in [3.63, 3.8) is 0 Å². The molecule has 1 atom stereocenters. The van der Waals surface area contributed by atoms with Gasteiger partial charge in [-0.2, -0.15) is 0 Å². The van der Waals surface area contributed by atoms with Gasteiger partial charge in [0.1, 0.15) is 6.54 Å². The molecule has 8 heteroatoms. The van der Waals surface area contributed by atoms with Gasteiger partial charge < -0.3 is 20.5 Å². The standard InChI is InChI=1S/C30H34N4O4/c1-20-5-3-4-6-26(20)27(18-28(33-38)24-11-14-31-21(2)17-24)22-7-9-25(10-8-22)34-15-12-23(13-16-34)30(37)32-19-29(35)36/h3-11,14,17,23,27,38H,12-13,15-16,18-19H2,1-2H3,(H,32,37)(H,35,36). The lowest BCUT2D eigenvalue weighted by molar-refractivity contribution is -0.138. The molecule has 1 aliphatic heterocycles. The fraction of sp³-hybridized carbons (Fsp3) is 0.333. The van der Waals surface area contributed by atoms with Gasteiger partial charge in [0.05, 0.1) is 5.71 Å². The monoisotopic (exact) mass is 514 g/mol. The van der Waals surface area contributed by atoms with E-state index in [9.17, 15) is 14.8 Å². The van der Waals surface area contributed by atoms with Gasteiger partial charge in [-0.1, -0.05) is 41.6 Å². The predicted molar refractivity (Wildman–Crippen MR) is 147 cm³/mol.